The lowest BCUT2D eigenvalue weighted by Gasteiger charge is -2.49. The molecule has 0 N–H and O–H groups in total. The third kappa shape index (κ3) is 2.71. The van der Waals surface area contributed by atoms with Gasteiger partial charge in [-0.2, -0.15) is 0 Å². The maximum atomic E-state index is 12.5. The van der Waals surface area contributed by atoms with Crippen LogP contribution in [0.2, 0.25) is 0 Å². The van der Waals surface area contributed by atoms with Crippen LogP contribution < -0.4 is 10.5 Å². The second-order valence-electron chi connectivity index (χ2n) is 6.95. The topological polar surface area (TPSA) is 47.4 Å². The fourth-order valence-corrected chi connectivity index (χ4v) is 3.85. The van der Waals surface area contributed by atoms with Crippen molar-refractivity contribution in [3.63, 3.8) is 0 Å². The van der Waals surface area contributed by atoms with Crippen LogP contribution in [0.1, 0.15) is 46.5 Å². The van der Waals surface area contributed by atoms with Crippen molar-refractivity contribution in [2.75, 3.05) is 18.0 Å². The molecule has 0 atom stereocenters. The van der Waals surface area contributed by atoms with Gasteiger partial charge in [0.25, 0.3) is 5.56 Å². The molecule has 3 rings (SSSR count). The van der Waals surface area contributed by atoms with Crippen LogP contribution >= 0.6 is 0 Å². The summed E-state index contributed by atoms with van der Waals surface area (Å²) >= 11 is 0. The average molecular weight is 291 g/mol. The molecule has 0 aromatic carbocycles. The number of morpholine rings is 1. The zero-order valence-corrected chi connectivity index (χ0v) is 13.3. The monoisotopic (exact) mass is 291 g/mol. The van der Waals surface area contributed by atoms with Gasteiger partial charge in [-0.1, -0.05) is 12.8 Å². The molecule has 2 heterocycles. The Labute approximate surface area is 125 Å². The van der Waals surface area contributed by atoms with Gasteiger partial charge in [0.1, 0.15) is 0 Å². The van der Waals surface area contributed by atoms with Crippen molar-refractivity contribution in [2.45, 2.75) is 64.2 Å². The fourth-order valence-electron chi connectivity index (χ4n) is 3.85. The molecule has 1 aromatic heterocycles. The molecule has 2 aliphatic rings. The Hall–Kier alpha value is -1.36. The van der Waals surface area contributed by atoms with E-state index in [9.17, 15) is 4.79 Å². The first-order valence-electron chi connectivity index (χ1n) is 7.95. The first-order chi connectivity index (χ1) is 9.95. The van der Waals surface area contributed by atoms with E-state index < -0.39 is 0 Å². The predicted molar refractivity (Wildman–Crippen MR) is 82.7 cm³/mol. The highest BCUT2D eigenvalue weighted by Crippen LogP contribution is 2.41. The molecule has 21 heavy (non-hydrogen) atoms. The number of nitrogens with zero attached hydrogens (tertiary/aromatic N) is 3. The summed E-state index contributed by atoms with van der Waals surface area (Å²) < 4.78 is 8.11. The van der Waals surface area contributed by atoms with Crippen molar-refractivity contribution in [2.24, 2.45) is 0 Å². The number of hydrogen-bond donors (Lipinski definition) is 0. The minimum atomic E-state index is -0.246. The lowest BCUT2D eigenvalue weighted by Crippen LogP contribution is -2.60. The molecule has 0 amide bonds. The summed E-state index contributed by atoms with van der Waals surface area (Å²) in [5, 5.41) is 0. The van der Waals surface area contributed by atoms with Crippen LogP contribution in [0.15, 0.2) is 17.2 Å². The maximum absolute atomic E-state index is 12.5. The van der Waals surface area contributed by atoms with E-state index >= 15 is 0 Å². The van der Waals surface area contributed by atoms with Crippen LogP contribution in [0.4, 0.5) is 5.82 Å². The Balaban J connectivity index is 1.96. The van der Waals surface area contributed by atoms with Gasteiger partial charge in [0.05, 0.1) is 11.2 Å². The van der Waals surface area contributed by atoms with Crippen molar-refractivity contribution in [1.82, 2.24) is 9.55 Å². The molecule has 1 spiro atoms. The molecule has 2 fully saturated rings. The molecule has 5 heteroatoms. The Morgan fingerprint density at radius 3 is 2.67 bits per heavy atom. The van der Waals surface area contributed by atoms with Gasteiger partial charge in [0, 0.05) is 32.0 Å². The van der Waals surface area contributed by atoms with Gasteiger partial charge in [-0.25, -0.2) is 4.98 Å². The minimum Gasteiger partial charge on any atom is -0.365 e. The Kier molecular flexibility index (Phi) is 3.56. The smallest absolute Gasteiger partial charge is 0.293 e. The van der Waals surface area contributed by atoms with Gasteiger partial charge in [0.2, 0.25) is 0 Å². The summed E-state index contributed by atoms with van der Waals surface area (Å²) in [7, 11) is 0. The molecule has 0 unspecified atom stereocenters. The Morgan fingerprint density at radius 1 is 1.29 bits per heavy atom. The van der Waals surface area contributed by atoms with E-state index in [0.29, 0.717) is 18.9 Å². The number of anilines is 1. The molecule has 1 aliphatic carbocycles. The normalized spacial score (nSPS) is 23.7. The summed E-state index contributed by atoms with van der Waals surface area (Å²) in [6.45, 7) is 8.37. The molecule has 5 nitrogen and oxygen atoms in total. The van der Waals surface area contributed by atoms with E-state index in [1.807, 2.05) is 6.92 Å². The second kappa shape index (κ2) is 5.13. The van der Waals surface area contributed by atoms with Crippen LogP contribution in [0.3, 0.4) is 0 Å². The van der Waals surface area contributed by atoms with Crippen molar-refractivity contribution in [1.29, 1.82) is 0 Å². The standard InChI is InChI=1S/C16H25N3O2/c1-4-18-10-9-17-13(14(18)20)19-11-15(2,3)21-16(12-19)7-5-6-8-16/h9-10H,4-8,11-12H2,1-3H3. The van der Waals surface area contributed by atoms with E-state index in [1.54, 1.807) is 17.0 Å². The van der Waals surface area contributed by atoms with Crippen LogP contribution in [-0.4, -0.2) is 33.8 Å². The van der Waals surface area contributed by atoms with E-state index in [0.717, 1.165) is 19.4 Å². The second-order valence-corrected chi connectivity index (χ2v) is 6.95. The van der Waals surface area contributed by atoms with E-state index in [1.165, 1.54) is 12.8 Å². The first-order valence-corrected chi connectivity index (χ1v) is 7.95. The van der Waals surface area contributed by atoms with Crippen LogP contribution in [0.25, 0.3) is 0 Å². The zero-order valence-electron chi connectivity index (χ0n) is 13.3. The van der Waals surface area contributed by atoms with Crippen molar-refractivity contribution in [3.05, 3.63) is 22.7 Å². The number of ether oxygens (including phenoxy) is 1. The lowest BCUT2D eigenvalue weighted by molar-refractivity contribution is -0.148. The maximum Gasteiger partial charge on any atom is 0.293 e. The number of rotatable bonds is 2. The molecule has 0 bridgehead atoms. The van der Waals surface area contributed by atoms with Crippen molar-refractivity contribution < 1.29 is 4.74 Å². The summed E-state index contributed by atoms with van der Waals surface area (Å²) in [5.41, 5.74) is -0.336. The molecule has 1 saturated heterocycles. The fraction of sp³-hybridized carbons (Fsp3) is 0.750. The lowest BCUT2D eigenvalue weighted by atomic mass is 9.94. The van der Waals surface area contributed by atoms with E-state index in [4.69, 9.17) is 4.74 Å². The Morgan fingerprint density at radius 2 is 2.00 bits per heavy atom. The molecular weight excluding hydrogens is 266 g/mol. The van der Waals surface area contributed by atoms with Gasteiger partial charge in [-0.15, -0.1) is 0 Å². The summed E-state index contributed by atoms with van der Waals surface area (Å²) in [5.74, 6) is 0.571. The van der Waals surface area contributed by atoms with Gasteiger partial charge >= 0.3 is 0 Å². The molecule has 1 aliphatic heterocycles. The molecule has 1 saturated carbocycles. The minimum absolute atomic E-state index is 0.00541. The molecule has 0 radical (unpaired) electrons. The van der Waals surface area contributed by atoms with Crippen LogP contribution in [0.5, 0.6) is 0 Å². The molecule has 116 valence electrons. The largest absolute Gasteiger partial charge is 0.365 e. The summed E-state index contributed by atoms with van der Waals surface area (Å²) in [6, 6.07) is 0. The zero-order chi connectivity index (χ0) is 15.1. The van der Waals surface area contributed by atoms with Gasteiger partial charge in [-0.3, -0.25) is 4.79 Å². The molecule has 1 aromatic rings. The number of aromatic nitrogens is 2. The van der Waals surface area contributed by atoms with Gasteiger partial charge in [-0.05, 0) is 33.6 Å². The van der Waals surface area contributed by atoms with Gasteiger partial charge < -0.3 is 14.2 Å². The quantitative estimate of drug-likeness (QED) is 0.838. The number of hydrogen-bond acceptors (Lipinski definition) is 4. The third-order valence-electron chi connectivity index (χ3n) is 4.59. The summed E-state index contributed by atoms with van der Waals surface area (Å²) in [6.07, 6.45) is 8.08. The predicted octanol–water partition coefficient (Wildman–Crippen LogP) is 2.19. The van der Waals surface area contributed by atoms with E-state index in [2.05, 4.69) is 23.7 Å². The highest BCUT2D eigenvalue weighted by molar-refractivity contribution is 5.38. The Bertz CT molecular complexity index is 573. The average Bonchev–Trinajstić information content (AvgIpc) is 2.84. The molecular formula is C16H25N3O2. The highest BCUT2D eigenvalue weighted by atomic mass is 16.5. The highest BCUT2D eigenvalue weighted by Gasteiger charge is 2.46. The van der Waals surface area contributed by atoms with Crippen molar-refractivity contribution in [3.8, 4) is 0 Å². The SMILES string of the molecule is CCn1ccnc(N2CC(C)(C)OC3(CCCC3)C2)c1=O. The van der Waals surface area contributed by atoms with Crippen LogP contribution in [0, 0.1) is 0 Å². The van der Waals surface area contributed by atoms with Crippen molar-refractivity contribution >= 4 is 5.82 Å². The number of aryl methyl sites for hydroxylation is 1. The van der Waals surface area contributed by atoms with Crippen LogP contribution in [-0.2, 0) is 11.3 Å². The van der Waals surface area contributed by atoms with E-state index in [-0.39, 0.29) is 16.8 Å². The third-order valence-corrected chi connectivity index (χ3v) is 4.59. The van der Waals surface area contributed by atoms with Gasteiger partial charge in [0.15, 0.2) is 5.82 Å². The summed E-state index contributed by atoms with van der Waals surface area (Å²) in [4.78, 5) is 19.0. The first kappa shape index (κ1) is 14.6.